The lowest BCUT2D eigenvalue weighted by atomic mass is 10.1. The van der Waals surface area contributed by atoms with E-state index in [0.717, 1.165) is 23.9 Å². The molecule has 0 aliphatic rings. The Balaban J connectivity index is 2.05. The van der Waals surface area contributed by atoms with E-state index >= 15 is 0 Å². The van der Waals surface area contributed by atoms with Gasteiger partial charge in [-0.15, -0.1) is 0 Å². The van der Waals surface area contributed by atoms with Gasteiger partial charge in [0.15, 0.2) is 0 Å². The maximum atomic E-state index is 12.1. The van der Waals surface area contributed by atoms with E-state index in [9.17, 15) is 9.90 Å². The van der Waals surface area contributed by atoms with Crippen LogP contribution in [0.5, 0.6) is 5.75 Å². The average Bonchev–Trinajstić information content (AvgIpc) is 2.46. The van der Waals surface area contributed by atoms with Gasteiger partial charge in [0, 0.05) is 16.6 Å². The van der Waals surface area contributed by atoms with Gasteiger partial charge in [-0.3, -0.25) is 4.79 Å². The van der Waals surface area contributed by atoms with Crippen LogP contribution in [0.25, 0.3) is 0 Å². The Labute approximate surface area is 126 Å². The van der Waals surface area contributed by atoms with Crippen molar-refractivity contribution in [3.8, 4) is 5.75 Å². The Morgan fingerprint density at radius 2 is 1.90 bits per heavy atom. The Bertz CT molecular complexity index is 581. The fraction of sp³-hybridized carbons (Fsp3) is 0.188. The Kier molecular flexibility index (Phi) is 5.18. The topological polar surface area (TPSA) is 49.3 Å². The number of anilines is 1. The summed E-state index contributed by atoms with van der Waals surface area (Å²) in [5.41, 5.74) is 2.51. The first-order valence-corrected chi connectivity index (χ1v) is 7.56. The standard InChI is InChI=1S/C16H16BrNO2/c17-10-2-4-12-3-1-5-14(11-12)18-16(20)13-6-8-15(19)9-7-13/h1,3,5-9,11,19H,2,4,10H2,(H,18,20). The van der Waals surface area contributed by atoms with Crippen LogP contribution in [0.3, 0.4) is 0 Å². The number of carbonyl (C=O) groups is 1. The maximum absolute atomic E-state index is 12.1. The van der Waals surface area contributed by atoms with Gasteiger partial charge in [-0.2, -0.15) is 0 Å². The first kappa shape index (κ1) is 14.6. The fourth-order valence-corrected chi connectivity index (χ4v) is 2.17. The molecule has 0 spiro atoms. The summed E-state index contributed by atoms with van der Waals surface area (Å²) < 4.78 is 0. The quantitative estimate of drug-likeness (QED) is 0.813. The van der Waals surface area contributed by atoms with Crippen molar-refractivity contribution < 1.29 is 9.90 Å². The van der Waals surface area contributed by atoms with Gasteiger partial charge < -0.3 is 10.4 Å². The van der Waals surface area contributed by atoms with E-state index in [2.05, 4.69) is 27.3 Å². The molecule has 0 bridgehead atoms. The summed E-state index contributed by atoms with van der Waals surface area (Å²) in [5.74, 6) is -0.0269. The highest BCUT2D eigenvalue weighted by molar-refractivity contribution is 9.09. The molecule has 0 fully saturated rings. The van der Waals surface area contributed by atoms with Crippen molar-refractivity contribution in [2.45, 2.75) is 12.8 Å². The summed E-state index contributed by atoms with van der Waals surface area (Å²) in [6.07, 6.45) is 2.05. The Hall–Kier alpha value is -1.81. The van der Waals surface area contributed by atoms with Crippen LogP contribution in [0.2, 0.25) is 0 Å². The molecule has 2 aromatic carbocycles. The number of aryl methyl sites for hydroxylation is 1. The van der Waals surface area contributed by atoms with Crippen LogP contribution in [0, 0.1) is 0 Å². The molecule has 2 N–H and O–H groups in total. The molecule has 1 amide bonds. The third kappa shape index (κ3) is 4.10. The molecule has 0 saturated heterocycles. The monoisotopic (exact) mass is 333 g/mol. The van der Waals surface area contributed by atoms with Crippen molar-refractivity contribution >= 4 is 27.5 Å². The van der Waals surface area contributed by atoms with E-state index in [1.807, 2.05) is 18.2 Å². The van der Waals surface area contributed by atoms with Crippen LogP contribution in [0.15, 0.2) is 48.5 Å². The van der Waals surface area contributed by atoms with Crippen LogP contribution in [-0.2, 0) is 6.42 Å². The van der Waals surface area contributed by atoms with Gasteiger partial charge in [0.1, 0.15) is 5.75 Å². The van der Waals surface area contributed by atoms with Crippen molar-refractivity contribution in [3.05, 3.63) is 59.7 Å². The molecule has 0 aromatic heterocycles. The predicted octanol–water partition coefficient (Wildman–Crippen LogP) is 3.97. The largest absolute Gasteiger partial charge is 0.508 e. The number of aromatic hydroxyl groups is 1. The number of benzene rings is 2. The van der Waals surface area contributed by atoms with E-state index in [4.69, 9.17) is 0 Å². The van der Waals surface area contributed by atoms with Gasteiger partial charge in [0.25, 0.3) is 5.91 Å². The SMILES string of the molecule is O=C(Nc1cccc(CCCBr)c1)c1ccc(O)cc1. The van der Waals surface area contributed by atoms with Gasteiger partial charge >= 0.3 is 0 Å². The zero-order chi connectivity index (χ0) is 14.4. The number of halogens is 1. The van der Waals surface area contributed by atoms with Crippen LogP contribution in [-0.4, -0.2) is 16.3 Å². The van der Waals surface area contributed by atoms with Crippen molar-refractivity contribution in [2.24, 2.45) is 0 Å². The highest BCUT2D eigenvalue weighted by Crippen LogP contribution is 2.15. The molecule has 0 saturated carbocycles. The zero-order valence-electron chi connectivity index (χ0n) is 11.0. The number of hydrogen-bond donors (Lipinski definition) is 2. The number of hydrogen-bond acceptors (Lipinski definition) is 2. The number of rotatable bonds is 5. The van der Waals surface area contributed by atoms with Crippen molar-refractivity contribution in [1.29, 1.82) is 0 Å². The summed E-state index contributed by atoms with van der Waals surface area (Å²) in [7, 11) is 0. The van der Waals surface area contributed by atoms with Crippen LogP contribution in [0.1, 0.15) is 22.3 Å². The lowest BCUT2D eigenvalue weighted by Crippen LogP contribution is -2.11. The van der Waals surface area contributed by atoms with Crippen molar-refractivity contribution in [3.63, 3.8) is 0 Å². The molecule has 0 heterocycles. The molecule has 4 heteroatoms. The van der Waals surface area contributed by atoms with E-state index < -0.39 is 0 Å². The Morgan fingerprint density at radius 1 is 1.15 bits per heavy atom. The van der Waals surface area contributed by atoms with Gasteiger partial charge in [-0.25, -0.2) is 0 Å². The minimum Gasteiger partial charge on any atom is -0.508 e. The summed E-state index contributed by atoms with van der Waals surface area (Å²) in [4.78, 5) is 12.1. The lowest BCUT2D eigenvalue weighted by molar-refractivity contribution is 0.102. The van der Waals surface area contributed by atoms with Gasteiger partial charge in [0.05, 0.1) is 0 Å². The van der Waals surface area contributed by atoms with E-state index in [-0.39, 0.29) is 11.7 Å². The third-order valence-electron chi connectivity index (χ3n) is 2.91. The molecule has 0 radical (unpaired) electrons. The first-order chi connectivity index (χ1) is 9.69. The smallest absolute Gasteiger partial charge is 0.255 e. The second-order valence-corrected chi connectivity index (χ2v) is 5.29. The predicted molar refractivity (Wildman–Crippen MR) is 84.6 cm³/mol. The highest BCUT2D eigenvalue weighted by atomic mass is 79.9. The summed E-state index contributed by atoms with van der Waals surface area (Å²) >= 11 is 3.41. The molecule has 0 aliphatic carbocycles. The molecule has 2 rings (SSSR count). The molecule has 2 aromatic rings. The molecule has 0 atom stereocenters. The Morgan fingerprint density at radius 3 is 2.60 bits per heavy atom. The first-order valence-electron chi connectivity index (χ1n) is 6.44. The summed E-state index contributed by atoms with van der Waals surface area (Å²) in [6.45, 7) is 0. The molecular formula is C16H16BrNO2. The normalized spacial score (nSPS) is 10.2. The van der Waals surface area contributed by atoms with Gasteiger partial charge in [0.2, 0.25) is 0 Å². The molecule has 104 valence electrons. The van der Waals surface area contributed by atoms with E-state index in [1.54, 1.807) is 12.1 Å². The third-order valence-corrected chi connectivity index (χ3v) is 3.47. The second-order valence-electron chi connectivity index (χ2n) is 4.49. The van der Waals surface area contributed by atoms with Crippen LogP contribution in [0.4, 0.5) is 5.69 Å². The number of alkyl halides is 1. The number of amides is 1. The lowest BCUT2D eigenvalue weighted by Gasteiger charge is -2.07. The van der Waals surface area contributed by atoms with Gasteiger partial charge in [-0.1, -0.05) is 28.1 Å². The molecule has 0 aliphatic heterocycles. The maximum Gasteiger partial charge on any atom is 0.255 e. The molecule has 0 unspecified atom stereocenters. The highest BCUT2D eigenvalue weighted by Gasteiger charge is 2.06. The van der Waals surface area contributed by atoms with Gasteiger partial charge in [-0.05, 0) is 54.8 Å². The second kappa shape index (κ2) is 7.10. The van der Waals surface area contributed by atoms with E-state index in [0.29, 0.717) is 5.56 Å². The fourth-order valence-electron chi connectivity index (χ4n) is 1.89. The minimum absolute atomic E-state index is 0.151. The van der Waals surface area contributed by atoms with Crippen molar-refractivity contribution in [1.82, 2.24) is 0 Å². The van der Waals surface area contributed by atoms with E-state index in [1.165, 1.54) is 17.7 Å². The number of nitrogens with one attached hydrogen (secondary N) is 1. The number of phenolic OH excluding ortho intramolecular Hbond substituents is 1. The molecule has 3 nitrogen and oxygen atoms in total. The number of carbonyl (C=O) groups excluding carboxylic acids is 1. The van der Waals surface area contributed by atoms with Crippen LogP contribution >= 0.6 is 15.9 Å². The average molecular weight is 334 g/mol. The molecule has 20 heavy (non-hydrogen) atoms. The zero-order valence-corrected chi connectivity index (χ0v) is 12.6. The molecular weight excluding hydrogens is 318 g/mol. The van der Waals surface area contributed by atoms with Crippen LogP contribution < -0.4 is 5.32 Å². The minimum atomic E-state index is -0.178. The van der Waals surface area contributed by atoms with Crippen molar-refractivity contribution in [2.75, 3.05) is 10.6 Å². The summed E-state index contributed by atoms with van der Waals surface area (Å²) in [6, 6.07) is 14.0. The summed E-state index contributed by atoms with van der Waals surface area (Å²) in [5, 5.41) is 13.0. The number of phenols is 1.